The van der Waals surface area contributed by atoms with Crippen molar-refractivity contribution in [1.29, 1.82) is 0 Å². The van der Waals surface area contributed by atoms with Gasteiger partial charge in [0.25, 0.3) is 0 Å². The predicted molar refractivity (Wildman–Crippen MR) is 91.5 cm³/mol. The van der Waals surface area contributed by atoms with E-state index in [1.165, 1.54) is 56.9 Å². The fraction of sp³-hybridized carbons (Fsp3) is 0.611. The van der Waals surface area contributed by atoms with E-state index in [9.17, 15) is 4.79 Å². The standard InChI is InChI=1S/C18H29N3O/c1-2-3-4-5-14-6-8-15(9-7-14)16-10-12-17(13-11-16)21(20)18(19)22/h10-15H,2-9,20H2,1H3,(H2,19,22). The zero-order valence-corrected chi connectivity index (χ0v) is 13.6. The van der Waals surface area contributed by atoms with Crippen LogP contribution in [-0.2, 0) is 0 Å². The molecule has 1 saturated carbocycles. The third-order valence-electron chi connectivity index (χ3n) is 4.94. The predicted octanol–water partition coefficient (Wildman–Crippen LogP) is 4.30. The monoisotopic (exact) mass is 303 g/mol. The first-order valence-corrected chi connectivity index (χ1v) is 8.56. The second kappa shape index (κ2) is 8.18. The molecule has 2 amide bonds. The zero-order valence-electron chi connectivity index (χ0n) is 13.6. The molecule has 0 radical (unpaired) electrons. The molecule has 0 atom stereocenters. The molecule has 22 heavy (non-hydrogen) atoms. The molecular formula is C18H29N3O. The highest BCUT2D eigenvalue weighted by molar-refractivity contribution is 5.89. The van der Waals surface area contributed by atoms with Gasteiger partial charge in [0.2, 0.25) is 0 Å². The van der Waals surface area contributed by atoms with Crippen molar-refractivity contribution in [1.82, 2.24) is 0 Å². The average Bonchev–Trinajstić information content (AvgIpc) is 2.55. The smallest absolute Gasteiger partial charge is 0.333 e. The van der Waals surface area contributed by atoms with Gasteiger partial charge in [-0.15, -0.1) is 0 Å². The number of benzene rings is 1. The first-order valence-electron chi connectivity index (χ1n) is 8.56. The average molecular weight is 303 g/mol. The Morgan fingerprint density at radius 2 is 1.77 bits per heavy atom. The van der Waals surface area contributed by atoms with Crippen molar-refractivity contribution in [3.05, 3.63) is 29.8 Å². The van der Waals surface area contributed by atoms with E-state index in [4.69, 9.17) is 11.6 Å². The quantitative estimate of drug-likeness (QED) is 0.356. The second-order valence-electron chi connectivity index (χ2n) is 6.51. The highest BCUT2D eigenvalue weighted by atomic mass is 16.2. The molecule has 4 heteroatoms. The molecule has 122 valence electrons. The number of hydrogen-bond donors (Lipinski definition) is 2. The van der Waals surface area contributed by atoms with Crippen molar-refractivity contribution < 1.29 is 4.79 Å². The lowest BCUT2D eigenvalue weighted by atomic mass is 9.77. The van der Waals surface area contributed by atoms with Gasteiger partial charge in [-0.1, -0.05) is 44.7 Å². The summed E-state index contributed by atoms with van der Waals surface area (Å²) >= 11 is 0. The molecule has 0 aromatic heterocycles. The number of carbonyl (C=O) groups excluding carboxylic acids is 1. The van der Waals surface area contributed by atoms with Crippen LogP contribution < -0.4 is 16.6 Å². The number of carbonyl (C=O) groups is 1. The van der Waals surface area contributed by atoms with Crippen LogP contribution in [0, 0.1) is 5.92 Å². The summed E-state index contributed by atoms with van der Waals surface area (Å²) in [7, 11) is 0. The van der Waals surface area contributed by atoms with E-state index < -0.39 is 6.03 Å². The fourth-order valence-electron chi connectivity index (χ4n) is 3.50. The van der Waals surface area contributed by atoms with Gasteiger partial charge in [-0.05, 0) is 55.2 Å². The van der Waals surface area contributed by atoms with E-state index in [0.29, 0.717) is 11.6 Å². The zero-order chi connectivity index (χ0) is 15.9. The minimum atomic E-state index is -0.639. The Labute approximate surface area is 133 Å². The molecule has 0 unspecified atom stereocenters. The first-order chi connectivity index (χ1) is 10.6. The maximum Gasteiger partial charge on any atom is 0.333 e. The van der Waals surface area contributed by atoms with Crippen molar-refractivity contribution in [2.45, 2.75) is 64.2 Å². The number of urea groups is 1. The van der Waals surface area contributed by atoms with Crippen molar-refractivity contribution >= 4 is 11.7 Å². The van der Waals surface area contributed by atoms with Crippen molar-refractivity contribution in [2.24, 2.45) is 17.5 Å². The largest absolute Gasteiger partial charge is 0.350 e. The van der Waals surface area contributed by atoms with Crippen LogP contribution in [0.25, 0.3) is 0 Å². The molecule has 0 heterocycles. The van der Waals surface area contributed by atoms with Gasteiger partial charge in [0, 0.05) is 0 Å². The molecule has 2 rings (SSSR count). The summed E-state index contributed by atoms with van der Waals surface area (Å²) in [6.07, 6.45) is 10.7. The Balaban J connectivity index is 1.85. The molecule has 1 aliphatic carbocycles. The van der Waals surface area contributed by atoms with Gasteiger partial charge in [0.15, 0.2) is 0 Å². The Bertz CT molecular complexity index is 464. The van der Waals surface area contributed by atoms with Crippen LogP contribution in [0.15, 0.2) is 24.3 Å². The van der Waals surface area contributed by atoms with E-state index in [1.54, 1.807) is 0 Å². The Kier molecular flexibility index (Phi) is 6.25. The molecule has 0 saturated heterocycles. The summed E-state index contributed by atoms with van der Waals surface area (Å²) in [6.45, 7) is 2.27. The number of rotatable bonds is 6. The Morgan fingerprint density at radius 3 is 2.32 bits per heavy atom. The van der Waals surface area contributed by atoms with Gasteiger partial charge >= 0.3 is 6.03 Å². The Hall–Kier alpha value is -1.55. The Morgan fingerprint density at radius 1 is 1.14 bits per heavy atom. The number of primary amides is 1. The van der Waals surface area contributed by atoms with Gasteiger partial charge in [0.05, 0.1) is 5.69 Å². The van der Waals surface area contributed by atoms with Crippen LogP contribution in [0.2, 0.25) is 0 Å². The minimum Gasteiger partial charge on any atom is -0.350 e. The van der Waals surface area contributed by atoms with Crippen LogP contribution in [0.3, 0.4) is 0 Å². The van der Waals surface area contributed by atoms with Crippen molar-refractivity contribution in [3.63, 3.8) is 0 Å². The number of amides is 2. The van der Waals surface area contributed by atoms with Gasteiger partial charge in [-0.2, -0.15) is 0 Å². The van der Waals surface area contributed by atoms with E-state index >= 15 is 0 Å². The SMILES string of the molecule is CCCCCC1CCC(c2ccc(N(N)C(N)=O)cc2)CC1. The van der Waals surface area contributed by atoms with E-state index in [0.717, 1.165) is 10.9 Å². The summed E-state index contributed by atoms with van der Waals surface area (Å²) in [5.74, 6) is 7.18. The van der Waals surface area contributed by atoms with E-state index in [2.05, 4.69) is 19.1 Å². The lowest BCUT2D eigenvalue weighted by molar-refractivity contribution is 0.254. The van der Waals surface area contributed by atoms with E-state index in [-0.39, 0.29) is 0 Å². The first kappa shape index (κ1) is 16.8. The number of nitrogens with two attached hydrogens (primary N) is 2. The van der Waals surface area contributed by atoms with Crippen LogP contribution in [0.1, 0.15) is 69.8 Å². The molecule has 4 N–H and O–H groups in total. The maximum absolute atomic E-state index is 11.1. The number of hydrogen-bond acceptors (Lipinski definition) is 2. The van der Waals surface area contributed by atoms with Gasteiger partial charge < -0.3 is 5.73 Å². The number of nitrogens with zero attached hydrogens (tertiary/aromatic N) is 1. The van der Waals surface area contributed by atoms with Crippen LogP contribution in [0.4, 0.5) is 10.5 Å². The fourth-order valence-corrected chi connectivity index (χ4v) is 3.50. The van der Waals surface area contributed by atoms with Crippen LogP contribution >= 0.6 is 0 Å². The van der Waals surface area contributed by atoms with Gasteiger partial charge in [-0.3, -0.25) is 0 Å². The molecule has 1 fully saturated rings. The lowest BCUT2D eigenvalue weighted by Gasteiger charge is -2.29. The maximum atomic E-state index is 11.1. The second-order valence-corrected chi connectivity index (χ2v) is 6.51. The summed E-state index contributed by atoms with van der Waals surface area (Å²) in [4.78, 5) is 11.1. The molecule has 0 spiro atoms. The molecule has 0 bridgehead atoms. The normalized spacial score (nSPS) is 21.5. The molecule has 0 aliphatic heterocycles. The summed E-state index contributed by atoms with van der Waals surface area (Å²) < 4.78 is 0. The molecular weight excluding hydrogens is 274 g/mol. The topological polar surface area (TPSA) is 72.3 Å². The third kappa shape index (κ3) is 4.47. The highest BCUT2D eigenvalue weighted by Gasteiger charge is 2.22. The van der Waals surface area contributed by atoms with Crippen LogP contribution in [-0.4, -0.2) is 6.03 Å². The molecule has 1 aromatic carbocycles. The molecule has 1 aliphatic rings. The summed E-state index contributed by atoms with van der Waals surface area (Å²) in [5.41, 5.74) is 7.17. The van der Waals surface area contributed by atoms with Crippen molar-refractivity contribution in [3.8, 4) is 0 Å². The lowest BCUT2D eigenvalue weighted by Crippen LogP contribution is -2.41. The number of unbranched alkanes of at least 4 members (excludes halogenated alkanes) is 2. The van der Waals surface area contributed by atoms with Gasteiger partial charge in [-0.25, -0.2) is 15.6 Å². The summed E-state index contributed by atoms with van der Waals surface area (Å²) in [6, 6.07) is 7.29. The van der Waals surface area contributed by atoms with E-state index in [1.807, 2.05) is 12.1 Å². The number of anilines is 1. The summed E-state index contributed by atoms with van der Waals surface area (Å²) in [5, 5.41) is 0.981. The minimum absolute atomic E-state index is 0.639. The highest BCUT2D eigenvalue weighted by Crippen LogP contribution is 2.38. The van der Waals surface area contributed by atoms with Crippen molar-refractivity contribution in [2.75, 3.05) is 5.01 Å². The molecule has 1 aromatic rings. The van der Waals surface area contributed by atoms with Crippen LogP contribution in [0.5, 0.6) is 0 Å². The van der Waals surface area contributed by atoms with Gasteiger partial charge in [0.1, 0.15) is 0 Å². The third-order valence-corrected chi connectivity index (χ3v) is 4.94. The molecule has 4 nitrogen and oxygen atoms in total. The number of hydrazine groups is 1.